The number of carbonyl (C=O) groups is 1. The Morgan fingerprint density at radius 1 is 1.37 bits per heavy atom. The summed E-state index contributed by atoms with van der Waals surface area (Å²) in [6.45, 7) is 7.29. The lowest BCUT2D eigenvalue weighted by atomic mass is 10.0. The largest absolute Gasteiger partial charge is 0.383 e. The highest BCUT2D eigenvalue weighted by Gasteiger charge is 2.13. The van der Waals surface area contributed by atoms with Gasteiger partial charge < -0.3 is 15.0 Å². The van der Waals surface area contributed by atoms with E-state index in [1.54, 1.807) is 19.1 Å². The second kappa shape index (κ2) is 7.14. The van der Waals surface area contributed by atoms with E-state index in [1.165, 1.54) is 11.1 Å². The van der Waals surface area contributed by atoms with Gasteiger partial charge in [0.1, 0.15) is 0 Å². The molecular weight excluding hydrogens is 240 g/mol. The van der Waals surface area contributed by atoms with Crippen LogP contribution in [0.2, 0.25) is 0 Å². The van der Waals surface area contributed by atoms with E-state index in [0.29, 0.717) is 13.2 Å². The summed E-state index contributed by atoms with van der Waals surface area (Å²) in [5, 5.41) is 2.98. The Hall–Kier alpha value is -1.55. The maximum Gasteiger partial charge on any atom is 0.317 e. The summed E-state index contributed by atoms with van der Waals surface area (Å²) >= 11 is 0. The van der Waals surface area contributed by atoms with Crippen LogP contribution in [0.1, 0.15) is 29.7 Å². The number of nitrogens with one attached hydrogen (secondary N) is 1. The molecule has 0 unspecified atom stereocenters. The molecule has 1 aromatic carbocycles. The van der Waals surface area contributed by atoms with Crippen molar-refractivity contribution in [1.29, 1.82) is 0 Å². The Kier molecular flexibility index (Phi) is 5.83. The minimum Gasteiger partial charge on any atom is -0.383 e. The van der Waals surface area contributed by atoms with Crippen LogP contribution < -0.4 is 5.32 Å². The first-order chi connectivity index (χ1) is 8.95. The molecule has 1 aromatic rings. The zero-order valence-corrected chi connectivity index (χ0v) is 12.5. The van der Waals surface area contributed by atoms with Crippen LogP contribution in [-0.4, -0.2) is 38.2 Å². The Labute approximate surface area is 115 Å². The molecule has 4 nitrogen and oxygen atoms in total. The van der Waals surface area contributed by atoms with Crippen LogP contribution >= 0.6 is 0 Å². The van der Waals surface area contributed by atoms with Gasteiger partial charge in [0.05, 0.1) is 12.6 Å². The van der Waals surface area contributed by atoms with Crippen LogP contribution in [0.4, 0.5) is 4.79 Å². The van der Waals surface area contributed by atoms with Crippen molar-refractivity contribution >= 4 is 6.03 Å². The lowest BCUT2D eigenvalue weighted by Gasteiger charge is -2.21. The fourth-order valence-corrected chi connectivity index (χ4v) is 1.74. The number of aryl methyl sites for hydroxylation is 2. The number of hydrogen-bond donors (Lipinski definition) is 1. The molecule has 0 aliphatic carbocycles. The van der Waals surface area contributed by atoms with Crippen molar-refractivity contribution in [3.05, 3.63) is 34.9 Å². The van der Waals surface area contributed by atoms with E-state index in [-0.39, 0.29) is 12.1 Å². The van der Waals surface area contributed by atoms with Crippen LogP contribution in [0.25, 0.3) is 0 Å². The van der Waals surface area contributed by atoms with Crippen molar-refractivity contribution in [2.45, 2.75) is 26.8 Å². The summed E-state index contributed by atoms with van der Waals surface area (Å²) in [5.74, 6) is 0. The molecule has 1 N–H and O–H groups in total. The van der Waals surface area contributed by atoms with Crippen LogP contribution in [0.3, 0.4) is 0 Å². The molecule has 19 heavy (non-hydrogen) atoms. The fourth-order valence-electron chi connectivity index (χ4n) is 1.74. The molecule has 106 valence electrons. The maximum atomic E-state index is 11.9. The molecule has 4 heteroatoms. The van der Waals surface area contributed by atoms with Crippen LogP contribution in [-0.2, 0) is 4.74 Å². The van der Waals surface area contributed by atoms with E-state index in [4.69, 9.17) is 4.74 Å². The molecule has 0 radical (unpaired) electrons. The summed E-state index contributed by atoms with van der Waals surface area (Å²) in [5.41, 5.74) is 3.63. The zero-order valence-electron chi connectivity index (χ0n) is 12.5. The molecule has 0 heterocycles. The van der Waals surface area contributed by atoms with Gasteiger partial charge >= 0.3 is 6.03 Å². The number of rotatable bonds is 5. The van der Waals surface area contributed by atoms with E-state index in [9.17, 15) is 4.79 Å². The molecule has 1 atom stereocenters. The van der Waals surface area contributed by atoms with Gasteiger partial charge in [0.25, 0.3) is 0 Å². The first kappa shape index (κ1) is 15.5. The normalized spacial score (nSPS) is 12.1. The Balaban J connectivity index is 2.60. The molecule has 0 bridgehead atoms. The summed E-state index contributed by atoms with van der Waals surface area (Å²) < 4.78 is 4.96. The van der Waals surface area contributed by atoms with Crippen molar-refractivity contribution in [1.82, 2.24) is 10.2 Å². The topological polar surface area (TPSA) is 41.6 Å². The number of methoxy groups -OCH3 is 1. The number of urea groups is 1. The predicted molar refractivity (Wildman–Crippen MR) is 77.4 cm³/mol. The summed E-state index contributed by atoms with van der Waals surface area (Å²) in [6.07, 6.45) is 0. The van der Waals surface area contributed by atoms with Gasteiger partial charge in [0.15, 0.2) is 0 Å². The van der Waals surface area contributed by atoms with Gasteiger partial charge in [-0.2, -0.15) is 0 Å². The number of ether oxygens (including phenoxy) is 1. The van der Waals surface area contributed by atoms with E-state index in [1.807, 2.05) is 6.92 Å². The van der Waals surface area contributed by atoms with Gasteiger partial charge in [0.2, 0.25) is 0 Å². The van der Waals surface area contributed by atoms with Gasteiger partial charge in [-0.25, -0.2) is 4.79 Å². The predicted octanol–water partition coefficient (Wildman–Crippen LogP) is 2.65. The van der Waals surface area contributed by atoms with E-state index >= 15 is 0 Å². The second-order valence-corrected chi connectivity index (χ2v) is 4.93. The molecule has 1 rings (SSSR count). The number of likely N-dealkylation sites (N-methyl/N-ethyl adjacent to an activating group) is 1. The lowest BCUT2D eigenvalue weighted by molar-refractivity contribution is 0.158. The quantitative estimate of drug-likeness (QED) is 0.888. The molecule has 0 saturated carbocycles. The molecule has 0 spiro atoms. The summed E-state index contributed by atoms with van der Waals surface area (Å²) in [7, 11) is 3.39. The van der Waals surface area contributed by atoms with Crippen molar-refractivity contribution in [2.75, 3.05) is 27.3 Å². The smallest absolute Gasteiger partial charge is 0.317 e. The third kappa shape index (κ3) is 4.56. The van der Waals surface area contributed by atoms with Crippen LogP contribution in [0.5, 0.6) is 0 Å². The molecular formula is C15H24N2O2. The van der Waals surface area contributed by atoms with Gasteiger partial charge in [-0.1, -0.05) is 18.2 Å². The lowest BCUT2D eigenvalue weighted by Crippen LogP contribution is -2.40. The van der Waals surface area contributed by atoms with Gasteiger partial charge in [-0.3, -0.25) is 0 Å². The second-order valence-electron chi connectivity index (χ2n) is 4.93. The summed E-state index contributed by atoms with van der Waals surface area (Å²) in [4.78, 5) is 13.6. The molecule has 0 saturated heterocycles. The SMILES string of the molecule is COCCN(C)C(=O)N[C@@H](C)c1ccc(C)c(C)c1. The highest BCUT2D eigenvalue weighted by atomic mass is 16.5. The number of benzene rings is 1. The van der Waals surface area contributed by atoms with Gasteiger partial charge in [0, 0.05) is 20.7 Å². The maximum absolute atomic E-state index is 11.9. The van der Waals surface area contributed by atoms with Crippen molar-refractivity contribution in [3.63, 3.8) is 0 Å². The molecule has 0 aliphatic heterocycles. The van der Waals surface area contributed by atoms with Crippen molar-refractivity contribution in [2.24, 2.45) is 0 Å². The van der Waals surface area contributed by atoms with Crippen LogP contribution in [0, 0.1) is 13.8 Å². The standard InChI is InChI=1S/C15H24N2O2/c1-11-6-7-14(10-12(11)2)13(3)16-15(18)17(4)8-9-19-5/h6-7,10,13H,8-9H2,1-5H3,(H,16,18)/t13-/m0/s1. The number of hydrogen-bond acceptors (Lipinski definition) is 2. The first-order valence-corrected chi connectivity index (χ1v) is 6.53. The minimum atomic E-state index is -0.0808. The average Bonchev–Trinajstić information content (AvgIpc) is 2.38. The number of carbonyl (C=O) groups excluding carboxylic acids is 1. The van der Waals surface area contributed by atoms with Crippen molar-refractivity contribution in [3.8, 4) is 0 Å². The first-order valence-electron chi connectivity index (χ1n) is 6.53. The Morgan fingerprint density at radius 2 is 2.05 bits per heavy atom. The molecule has 0 aliphatic rings. The average molecular weight is 264 g/mol. The highest BCUT2D eigenvalue weighted by molar-refractivity contribution is 5.74. The monoisotopic (exact) mass is 264 g/mol. The third-order valence-corrected chi connectivity index (χ3v) is 3.35. The molecule has 0 aromatic heterocycles. The number of amides is 2. The van der Waals surface area contributed by atoms with E-state index in [0.717, 1.165) is 5.56 Å². The molecule has 2 amide bonds. The van der Waals surface area contributed by atoms with Crippen molar-refractivity contribution < 1.29 is 9.53 Å². The Morgan fingerprint density at radius 3 is 2.63 bits per heavy atom. The van der Waals surface area contributed by atoms with Gasteiger partial charge in [-0.15, -0.1) is 0 Å². The van der Waals surface area contributed by atoms with Gasteiger partial charge in [-0.05, 0) is 37.5 Å². The number of nitrogens with zero attached hydrogens (tertiary/aromatic N) is 1. The molecule has 0 fully saturated rings. The van der Waals surface area contributed by atoms with E-state index in [2.05, 4.69) is 37.4 Å². The third-order valence-electron chi connectivity index (χ3n) is 3.35. The summed E-state index contributed by atoms with van der Waals surface area (Å²) in [6, 6.07) is 6.18. The van der Waals surface area contributed by atoms with E-state index < -0.39 is 0 Å². The van der Waals surface area contributed by atoms with Crippen LogP contribution in [0.15, 0.2) is 18.2 Å². The zero-order chi connectivity index (χ0) is 14.4. The Bertz CT molecular complexity index is 432. The minimum absolute atomic E-state index is 0.00297. The fraction of sp³-hybridized carbons (Fsp3) is 0.533. The highest BCUT2D eigenvalue weighted by Crippen LogP contribution is 2.16.